The second kappa shape index (κ2) is 9.60. The number of aromatic hydroxyl groups is 1. The summed E-state index contributed by atoms with van der Waals surface area (Å²) in [5.74, 6) is -0.133. The summed E-state index contributed by atoms with van der Waals surface area (Å²) >= 11 is 7.27. The number of phenols is 1. The van der Waals surface area contributed by atoms with Gasteiger partial charge in [0, 0.05) is 10.6 Å². The van der Waals surface area contributed by atoms with Crippen LogP contribution >= 0.6 is 22.9 Å². The highest BCUT2D eigenvalue weighted by molar-refractivity contribution is 7.07. The van der Waals surface area contributed by atoms with E-state index in [0.717, 1.165) is 11.1 Å². The third-order valence-corrected chi connectivity index (χ3v) is 6.93. The van der Waals surface area contributed by atoms with Gasteiger partial charge in [0.2, 0.25) is 0 Å². The van der Waals surface area contributed by atoms with Crippen molar-refractivity contribution >= 4 is 35.0 Å². The second-order valence-electron chi connectivity index (χ2n) is 8.33. The Kier molecular flexibility index (Phi) is 6.77. The molecule has 176 valence electrons. The van der Waals surface area contributed by atoms with Crippen molar-refractivity contribution in [2.45, 2.75) is 39.7 Å². The highest BCUT2D eigenvalue weighted by Gasteiger charge is 2.33. The van der Waals surface area contributed by atoms with Gasteiger partial charge in [0.1, 0.15) is 5.75 Å². The number of thiazole rings is 1. The molecule has 6 nitrogen and oxygen atoms in total. The van der Waals surface area contributed by atoms with Crippen LogP contribution in [0.15, 0.2) is 63.5 Å². The fourth-order valence-corrected chi connectivity index (χ4v) is 5.17. The molecule has 2 heterocycles. The Morgan fingerprint density at radius 2 is 1.97 bits per heavy atom. The average molecular weight is 497 g/mol. The minimum absolute atomic E-state index is 0.0134. The molecule has 0 saturated heterocycles. The molecular formula is C26H25ClN2O4S. The predicted molar refractivity (Wildman–Crippen MR) is 134 cm³/mol. The van der Waals surface area contributed by atoms with Gasteiger partial charge in [-0.25, -0.2) is 9.79 Å². The first-order valence-electron chi connectivity index (χ1n) is 11.0. The van der Waals surface area contributed by atoms with Gasteiger partial charge in [-0.05, 0) is 55.2 Å². The van der Waals surface area contributed by atoms with Gasteiger partial charge in [-0.1, -0.05) is 61.1 Å². The van der Waals surface area contributed by atoms with E-state index < -0.39 is 12.0 Å². The molecule has 0 bridgehead atoms. The number of esters is 1. The standard InChI is InChI=1S/C26H25ClN2O4S/c1-5-33-25(32)22-15(4)28-26-29(23(22)17-8-6-16(7-9-17)14(2)3)24(31)21(34-26)13-18-12-19(27)10-11-20(18)30/h6-14,23,30H,5H2,1-4H3/b21-13-/t23-/m0/s1. The molecule has 0 spiro atoms. The summed E-state index contributed by atoms with van der Waals surface area (Å²) in [5.41, 5.74) is 2.91. The molecule has 0 aliphatic carbocycles. The van der Waals surface area contributed by atoms with E-state index in [9.17, 15) is 14.7 Å². The summed E-state index contributed by atoms with van der Waals surface area (Å²) in [6.07, 6.45) is 1.59. The van der Waals surface area contributed by atoms with Crippen molar-refractivity contribution in [1.82, 2.24) is 4.57 Å². The number of aromatic nitrogens is 1. The lowest BCUT2D eigenvalue weighted by atomic mass is 9.93. The first-order chi connectivity index (χ1) is 16.2. The van der Waals surface area contributed by atoms with Crippen LogP contribution in [0, 0.1) is 0 Å². The van der Waals surface area contributed by atoms with Crippen LogP contribution in [-0.4, -0.2) is 22.2 Å². The van der Waals surface area contributed by atoms with Crippen LogP contribution in [-0.2, 0) is 9.53 Å². The smallest absolute Gasteiger partial charge is 0.338 e. The van der Waals surface area contributed by atoms with Crippen LogP contribution in [0.3, 0.4) is 0 Å². The van der Waals surface area contributed by atoms with Gasteiger partial charge in [-0.2, -0.15) is 0 Å². The molecule has 3 aromatic rings. The number of ether oxygens (including phenoxy) is 1. The number of nitrogens with zero attached hydrogens (tertiary/aromatic N) is 2. The van der Waals surface area contributed by atoms with Gasteiger partial charge in [0.05, 0.1) is 28.5 Å². The molecule has 2 aromatic carbocycles. The number of hydrogen-bond acceptors (Lipinski definition) is 6. The van der Waals surface area contributed by atoms with E-state index in [0.29, 0.717) is 37.1 Å². The van der Waals surface area contributed by atoms with Crippen LogP contribution < -0.4 is 14.9 Å². The number of rotatable bonds is 5. The number of halogens is 1. The molecule has 1 aliphatic rings. The SMILES string of the molecule is CCOC(=O)C1=C(C)N=c2s/c(=C\c3cc(Cl)ccc3O)c(=O)n2[C@H]1c1ccc(C(C)C)cc1. The van der Waals surface area contributed by atoms with Crippen LogP contribution in [0.25, 0.3) is 6.08 Å². The summed E-state index contributed by atoms with van der Waals surface area (Å²) in [7, 11) is 0. The molecule has 34 heavy (non-hydrogen) atoms. The van der Waals surface area contributed by atoms with Crippen molar-refractivity contribution in [3.05, 3.63) is 95.1 Å². The lowest BCUT2D eigenvalue weighted by molar-refractivity contribution is -0.139. The van der Waals surface area contributed by atoms with Crippen molar-refractivity contribution in [3.8, 4) is 5.75 Å². The fraction of sp³-hybridized carbons (Fsp3) is 0.269. The van der Waals surface area contributed by atoms with Crippen LogP contribution in [0.1, 0.15) is 56.3 Å². The van der Waals surface area contributed by atoms with Crippen molar-refractivity contribution in [2.75, 3.05) is 6.61 Å². The Labute approximate surface area is 206 Å². The summed E-state index contributed by atoms with van der Waals surface area (Å²) in [5, 5.41) is 10.7. The molecule has 1 aromatic heterocycles. The fourth-order valence-electron chi connectivity index (χ4n) is 3.95. The quantitative estimate of drug-likeness (QED) is 0.534. The van der Waals surface area contributed by atoms with E-state index in [1.807, 2.05) is 24.3 Å². The van der Waals surface area contributed by atoms with Crippen molar-refractivity contribution in [1.29, 1.82) is 0 Å². The van der Waals surface area contributed by atoms with Gasteiger partial charge in [0.25, 0.3) is 5.56 Å². The lowest BCUT2D eigenvalue weighted by Gasteiger charge is -2.25. The summed E-state index contributed by atoms with van der Waals surface area (Å²) in [6, 6.07) is 11.9. The maximum absolute atomic E-state index is 13.6. The predicted octanol–water partition coefficient (Wildman–Crippen LogP) is 4.28. The molecule has 1 N–H and O–H groups in total. The number of carbonyl (C=O) groups is 1. The number of allylic oxidation sites excluding steroid dienone is 1. The zero-order chi connectivity index (χ0) is 24.6. The summed E-state index contributed by atoms with van der Waals surface area (Å²) in [4.78, 5) is 31.6. The van der Waals surface area contributed by atoms with E-state index in [-0.39, 0.29) is 17.9 Å². The Bertz CT molecular complexity index is 1470. The van der Waals surface area contributed by atoms with Crippen molar-refractivity contribution in [3.63, 3.8) is 0 Å². The molecule has 1 atom stereocenters. The topological polar surface area (TPSA) is 80.9 Å². The average Bonchev–Trinajstić information content (AvgIpc) is 3.10. The van der Waals surface area contributed by atoms with Gasteiger partial charge < -0.3 is 9.84 Å². The van der Waals surface area contributed by atoms with Crippen LogP contribution in [0.4, 0.5) is 0 Å². The Balaban J connectivity index is 1.95. The lowest BCUT2D eigenvalue weighted by Crippen LogP contribution is -2.39. The molecular weight excluding hydrogens is 472 g/mol. The molecule has 0 radical (unpaired) electrons. The zero-order valence-electron chi connectivity index (χ0n) is 19.3. The first kappa shape index (κ1) is 24.0. The highest BCUT2D eigenvalue weighted by atomic mass is 35.5. The van der Waals surface area contributed by atoms with Gasteiger partial charge in [0.15, 0.2) is 4.80 Å². The Hall–Kier alpha value is -3.16. The second-order valence-corrected chi connectivity index (χ2v) is 9.77. The van der Waals surface area contributed by atoms with Crippen molar-refractivity contribution in [2.24, 2.45) is 4.99 Å². The van der Waals surface area contributed by atoms with Crippen LogP contribution in [0.5, 0.6) is 5.75 Å². The molecule has 1 aliphatic heterocycles. The van der Waals surface area contributed by atoms with Crippen molar-refractivity contribution < 1.29 is 14.6 Å². The maximum Gasteiger partial charge on any atom is 0.338 e. The third-order valence-electron chi connectivity index (χ3n) is 5.71. The van der Waals surface area contributed by atoms with E-state index in [1.165, 1.54) is 22.0 Å². The molecule has 0 fully saturated rings. The zero-order valence-corrected chi connectivity index (χ0v) is 20.9. The highest BCUT2D eigenvalue weighted by Crippen LogP contribution is 2.31. The molecule has 8 heteroatoms. The molecule has 0 unspecified atom stereocenters. The van der Waals surface area contributed by atoms with Gasteiger partial charge in [-0.3, -0.25) is 9.36 Å². The normalized spacial score (nSPS) is 15.9. The Morgan fingerprint density at radius 3 is 2.62 bits per heavy atom. The minimum atomic E-state index is -0.674. The largest absolute Gasteiger partial charge is 0.507 e. The van der Waals surface area contributed by atoms with Crippen LogP contribution in [0.2, 0.25) is 5.02 Å². The van der Waals surface area contributed by atoms with E-state index in [2.05, 4.69) is 18.8 Å². The van der Waals surface area contributed by atoms with Gasteiger partial charge >= 0.3 is 5.97 Å². The molecule has 4 rings (SSSR count). The molecule has 0 saturated carbocycles. The number of phenolic OH excluding ortho intramolecular Hbond substituents is 1. The monoisotopic (exact) mass is 496 g/mol. The first-order valence-corrected chi connectivity index (χ1v) is 12.2. The minimum Gasteiger partial charge on any atom is -0.507 e. The van der Waals surface area contributed by atoms with E-state index in [1.54, 1.807) is 32.1 Å². The van der Waals surface area contributed by atoms with E-state index >= 15 is 0 Å². The number of fused-ring (bicyclic) bond motifs is 1. The third kappa shape index (κ3) is 4.45. The van der Waals surface area contributed by atoms with E-state index in [4.69, 9.17) is 16.3 Å². The molecule has 0 amide bonds. The Morgan fingerprint density at radius 1 is 1.26 bits per heavy atom. The summed E-state index contributed by atoms with van der Waals surface area (Å²) in [6.45, 7) is 7.93. The maximum atomic E-state index is 13.6. The van der Waals surface area contributed by atoms with Gasteiger partial charge in [-0.15, -0.1) is 0 Å². The number of benzene rings is 2. The number of hydrogen-bond donors (Lipinski definition) is 1. The number of carbonyl (C=O) groups excluding carboxylic acids is 1. The summed E-state index contributed by atoms with van der Waals surface area (Å²) < 4.78 is 7.23.